The number of carbonyl (C=O) groups excluding carboxylic acids is 1. The van der Waals surface area contributed by atoms with E-state index in [0.29, 0.717) is 16.6 Å². The molecule has 0 saturated carbocycles. The zero-order chi connectivity index (χ0) is 15.4. The van der Waals surface area contributed by atoms with Gasteiger partial charge in [0.1, 0.15) is 0 Å². The van der Waals surface area contributed by atoms with Crippen molar-refractivity contribution in [1.82, 2.24) is 10.2 Å². The molecule has 0 aromatic heterocycles. The van der Waals surface area contributed by atoms with Gasteiger partial charge in [-0.15, -0.1) is 0 Å². The van der Waals surface area contributed by atoms with Crippen LogP contribution in [0, 0.1) is 5.92 Å². The molecule has 2 N–H and O–H groups in total. The summed E-state index contributed by atoms with van der Waals surface area (Å²) in [5.41, 5.74) is 0.838. The van der Waals surface area contributed by atoms with Gasteiger partial charge < -0.3 is 15.3 Å². The lowest BCUT2D eigenvalue weighted by atomic mass is 9.99. The number of piperidine rings is 1. The van der Waals surface area contributed by atoms with Crippen LogP contribution in [0.5, 0.6) is 0 Å². The molecule has 0 bridgehead atoms. The van der Waals surface area contributed by atoms with Gasteiger partial charge in [0.25, 0.3) is 0 Å². The quantitative estimate of drug-likeness (QED) is 0.891. The highest BCUT2D eigenvalue weighted by Crippen LogP contribution is 2.26. The van der Waals surface area contributed by atoms with E-state index in [2.05, 4.69) is 5.32 Å². The second-order valence-electron chi connectivity index (χ2n) is 5.47. The van der Waals surface area contributed by atoms with Crippen LogP contribution in [-0.4, -0.2) is 35.7 Å². The Morgan fingerprint density at radius 3 is 2.95 bits per heavy atom. The van der Waals surface area contributed by atoms with E-state index in [1.54, 1.807) is 17.0 Å². The van der Waals surface area contributed by atoms with Gasteiger partial charge in [0, 0.05) is 29.7 Å². The Kier molecular flexibility index (Phi) is 5.73. The summed E-state index contributed by atoms with van der Waals surface area (Å²) in [4.78, 5) is 14.0. The van der Waals surface area contributed by atoms with E-state index < -0.39 is 0 Å². The summed E-state index contributed by atoms with van der Waals surface area (Å²) in [6, 6.07) is 4.93. The zero-order valence-corrected chi connectivity index (χ0v) is 13.5. The highest BCUT2D eigenvalue weighted by molar-refractivity contribution is 6.35. The minimum atomic E-state index is -0.197. The van der Waals surface area contributed by atoms with Crippen molar-refractivity contribution in [3.05, 3.63) is 33.8 Å². The van der Waals surface area contributed by atoms with Gasteiger partial charge in [-0.2, -0.15) is 0 Å². The third-order valence-corrected chi connectivity index (χ3v) is 4.40. The first kappa shape index (κ1) is 16.4. The molecule has 1 aliphatic rings. The van der Waals surface area contributed by atoms with Crippen molar-refractivity contribution in [3.63, 3.8) is 0 Å². The molecule has 6 heteroatoms. The van der Waals surface area contributed by atoms with E-state index in [1.165, 1.54) is 0 Å². The molecular weight excluding hydrogens is 311 g/mol. The summed E-state index contributed by atoms with van der Waals surface area (Å²) in [6.07, 6.45) is 1.90. The van der Waals surface area contributed by atoms with Gasteiger partial charge in [-0.3, -0.25) is 0 Å². The Morgan fingerprint density at radius 1 is 1.52 bits per heavy atom. The molecule has 1 aliphatic heterocycles. The van der Waals surface area contributed by atoms with Crippen molar-refractivity contribution in [1.29, 1.82) is 0 Å². The number of nitrogens with zero attached hydrogens (tertiary/aromatic N) is 1. The van der Waals surface area contributed by atoms with Crippen LogP contribution in [0.2, 0.25) is 10.0 Å². The molecule has 2 rings (SSSR count). The minimum Gasteiger partial charge on any atom is -0.396 e. The Labute approximate surface area is 135 Å². The third-order valence-electron chi connectivity index (χ3n) is 3.83. The lowest BCUT2D eigenvalue weighted by Crippen LogP contribution is -2.46. The first-order chi connectivity index (χ1) is 10.0. The molecule has 1 aromatic carbocycles. The van der Waals surface area contributed by atoms with Gasteiger partial charge >= 0.3 is 6.03 Å². The van der Waals surface area contributed by atoms with E-state index >= 15 is 0 Å². The van der Waals surface area contributed by atoms with Crippen molar-refractivity contribution < 1.29 is 9.90 Å². The molecule has 21 heavy (non-hydrogen) atoms. The highest BCUT2D eigenvalue weighted by Gasteiger charge is 2.24. The fraction of sp³-hybridized carbons (Fsp3) is 0.533. The van der Waals surface area contributed by atoms with Crippen LogP contribution in [0.3, 0.4) is 0 Å². The molecule has 0 spiro atoms. The zero-order valence-electron chi connectivity index (χ0n) is 12.0. The minimum absolute atomic E-state index is 0.119. The molecule has 2 unspecified atom stereocenters. The molecule has 0 aliphatic carbocycles. The second-order valence-corrected chi connectivity index (χ2v) is 6.32. The number of urea groups is 1. The van der Waals surface area contributed by atoms with Gasteiger partial charge in [-0.05, 0) is 43.4 Å². The molecule has 116 valence electrons. The normalized spacial score (nSPS) is 20.2. The summed E-state index contributed by atoms with van der Waals surface area (Å²) in [7, 11) is 0. The molecule has 0 radical (unpaired) electrons. The maximum atomic E-state index is 12.3. The van der Waals surface area contributed by atoms with Gasteiger partial charge in [-0.25, -0.2) is 4.79 Å². The van der Waals surface area contributed by atoms with Gasteiger partial charge in [0.15, 0.2) is 0 Å². The van der Waals surface area contributed by atoms with E-state index in [0.717, 1.165) is 24.9 Å². The molecule has 1 fully saturated rings. The lowest BCUT2D eigenvalue weighted by Gasteiger charge is -2.32. The average molecular weight is 331 g/mol. The first-order valence-electron chi connectivity index (χ1n) is 7.12. The van der Waals surface area contributed by atoms with Crippen LogP contribution in [0.15, 0.2) is 18.2 Å². The van der Waals surface area contributed by atoms with Gasteiger partial charge in [0.2, 0.25) is 0 Å². The summed E-state index contributed by atoms with van der Waals surface area (Å²) in [5, 5.41) is 13.3. The topological polar surface area (TPSA) is 52.6 Å². The number of amides is 2. The Hall–Kier alpha value is -0.970. The average Bonchev–Trinajstić information content (AvgIpc) is 2.47. The smallest absolute Gasteiger partial charge is 0.317 e. The van der Waals surface area contributed by atoms with Crippen LogP contribution in [0.1, 0.15) is 31.4 Å². The Morgan fingerprint density at radius 2 is 2.29 bits per heavy atom. The molecular formula is C15H20Cl2N2O2. The number of benzene rings is 1. The SMILES string of the molecule is CC(NC(=O)N1CCCC(CO)C1)c1ccc(Cl)cc1Cl. The van der Waals surface area contributed by atoms with E-state index in [4.69, 9.17) is 23.2 Å². The maximum absolute atomic E-state index is 12.3. The Balaban J connectivity index is 1.98. The van der Waals surface area contributed by atoms with Crippen molar-refractivity contribution in [2.45, 2.75) is 25.8 Å². The van der Waals surface area contributed by atoms with Crippen LogP contribution < -0.4 is 5.32 Å². The second kappa shape index (κ2) is 7.34. The fourth-order valence-electron chi connectivity index (χ4n) is 2.61. The third kappa shape index (κ3) is 4.25. The van der Waals surface area contributed by atoms with Gasteiger partial charge in [0.05, 0.1) is 6.04 Å². The van der Waals surface area contributed by atoms with Crippen molar-refractivity contribution in [3.8, 4) is 0 Å². The van der Waals surface area contributed by atoms with E-state index in [-0.39, 0.29) is 24.6 Å². The summed E-state index contributed by atoms with van der Waals surface area (Å²) >= 11 is 12.0. The number of carbonyl (C=O) groups is 1. The van der Waals surface area contributed by atoms with E-state index in [1.807, 2.05) is 13.0 Å². The maximum Gasteiger partial charge on any atom is 0.317 e. The summed E-state index contributed by atoms with van der Waals surface area (Å²) < 4.78 is 0. The van der Waals surface area contributed by atoms with Crippen LogP contribution in [0.25, 0.3) is 0 Å². The van der Waals surface area contributed by atoms with Crippen LogP contribution in [-0.2, 0) is 0 Å². The first-order valence-corrected chi connectivity index (χ1v) is 7.88. The summed E-state index contributed by atoms with van der Waals surface area (Å²) in [5.74, 6) is 0.180. The molecule has 4 nitrogen and oxygen atoms in total. The largest absolute Gasteiger partial charge is 0.396 e. The molecule has 1 aromatic rings. The number of aliphatic hydroxyl groups is 1. The van der Waals surface area contributed by atoms with Crippen molar-refractivity contribution in [2.75, 3.05) is 19.7 Å². The molecule has 2 atom stereocenters. The number of hydrogen-bond donors (Lipinski definition) is 2. The van der Waals surface area contributed by atoms with Crippen LogP contribution in [0.4, 0.5) is 4.79 Å². The molecule has 1 heterocycles. The van der Waals surface area contributed by atoms with Crippen molar-refractivity contribution >= 4 is 29.2 Å². The van der Waals surface area contributed by atoms with Crippen molar-refractivity contribution in [2.24, 2.45) is 5.92 Å². The molecule has 2 amide bonds. The predicted octanol–water partition coefficient (Wildman–Crippen LogP) is 3.47. The number of nitrogens with one attached hydrogen (secondary N) is 1. The standard InChI is InChI=1S/C15H20Cl2N2O2/c1-10(13-5-4-12(16)7-14(13)17)18-15(21)19-6-2-3-11(8-19)9-20/h4-5,7,10-11,20H,2-3,6,8-9H2,1H3,(H,18,21). The Bertz CT molecular complexity index is 510. The van der Waals surface area contributed by atoms with Gasteiger partial charge in [-0.1, -0.05) is 29.3 Å². The molecule has 1 saturated heterocycles. The number of aliphatic hydroxyl groups excluding tert-OH is 1. The van der Waals surface area contributed by atoms with E-state index in [9.17, 15) is 9.90 Å². The highest BCUT2D eigenvalue weighted by atomic mass is 35.5. The monoisotopic (exact) mass is 330 g/mol. The number of hydrogen-bond acceptors (Lipinski definition) is 2. The number of likely N-dealkylation sites (tertiary alicyclic amines) is 1. The number of rotatable bonds is 3. The summed E-state index contributed by atoms with van der Waals surface area (Å²) in [6.45, 7) is 3.34. The lowest BCUT2D eigenvalue weighted by molar-refractivity contribution is 0.128. The fourth-order valence-corrected chi connectivity index (χ4v) is 3.18. The van der Waals surface area contributed by atoms with Crippen LogP contribution >= 0.6 is 23.2 Å². The number of halogens is 2. The predicted molar refractivity (Wildman–Crippen MR) is 84.8 cm³/mol.